The van der Waals surface area contributed by atoms with Crippen LogP contribution in [0.5, 0.6) is 0 Å². The molecule has 1 fully saturated rings. The molecular weight excluding hydrogens is 535 g/mol. The van der Waals surface area contributed by atoms with Gasteiger partial charge >= 0.3 is 0 Å². The van der Waals surface area contributed by atoms with E-state index in [4.69, 9.17) is 27.9 Å². The number of nitrogens with zero attached hydrogens (tertiary/aromatic N) is 1. The van der Waals surface area contributed by atoms with Crippen molar-refractivity contribution in [1.82, 2.24) is 10.2 Å². The standard InChI is InChI=1S/C27H28Cl2N2O3S2/c1-36(33)22-6-2-18(3-7-22)16-30-26(32)24-14-19-8-13-34-27(25(19)35-24)9-11-31(12-10-27)17-20-4-5-21(28)15-23(20)29/h2-7,14-15H,8-13,16-17H2,1H3,(H,30,32). The van der Waals surface area contributed by atoms with Crippen molar-refractivity contribution in [2.75, 3.05) is 26.0 Å². The normalized spacial score (nSPS) is 18.1. The lowest BCUT2D eigenvalue weighted by Crippen LogP contribution is -2.45. The number of thiophene rings is 1. The van der Waals surface area contributed by atoms with Crippen LogP contribution in [0.1, 0.15) is 44.1 Å². The van der Waals surface area contributed by atoms with Gasteiger partial charge in [-0.2, -0.15) is 0 Å². The molecule has 9 heteroatoms. The molecule has 3 aromatic rings. The second-order valence-electron chi connectivity index (χ2n) is 9.35. The summed E-state index contributed by atoms with van der Waals surface area (Å²) >= 11 is 13.0. The summed E-state index contributed by atoms with van der Waals surface area (Å²) in [6.45, 7) is 3.69. The van der Waals surface area contributed by atoms with Crippen molar-refractivity contribution < 1.29 is 14.1 Å². The molecule has 1 atom stereocenters. The van der Waals surface area contributed by atoms with Crippen molar-refractivity contribution in [2.24, 2.45) is 0 Å². The minimum Gasteiger partial charge on any atom is -0.612 e. The summed E-state index contributed by atoms with van der Waals surface area (Å²) in [5, 5.41) is 4.38. The van der Waals surface area contributed by atoms with Crippen molar-refractivity contribution in [2.45, 2.75) is 42.8 Å². The van der Waals surface area contributed by atoms with Gasteiger partial charge in [-0.1, -0.05) is 41.4 Å². The maximum Gasteiger partial charge on any atom is 0.261 e. The molecule has 1 spiro atoms. The SMILES string of the molecule is C[S+]([O-])c1ccc(CNC(=O)c2cc3c(s2)C2(CCN(Cc4ccc(Cl)cc4Cl)CC2)OCC3)cc1. The number of piperidine rings is 1. The molecule has 5 nitrogen and oxygen atoms in total. The number of carbonyl (C=O) groups is 1. The fourth-order valence-corrected chi connectivity index (χ4v) is 7.25. The number of benzene rings is 2. The van der Waals surface area contributed by atoms with Gasteiger partial charge in [-0.05, 0) is 77.5 Å². The van der Waals surface area contributed by atoms with Crippen LogP contribution < -0.4 is 5.32 Å². The van der Waals surface area contributed by atoms with Gasteiger partial charge in [0.1, 0.15) is 11.9 Å². The van der Waals surface area contributed by atoms with Crippen molar-refractivity contribution in [1.29, 1.82) is 0 Å². The molecule has 0 bridgehead atoms. The number of carbonyl (C=O) groups excluding carboxylic acids is 1. The summed E-state index contributed by atoms with van der Waals surface area (Å²) in [5.41, 5.74) is 2.98. The third-order valence-corrected chi connectivity index (χ3v) is 9.86. The first kappa shape index (κ1) is 26.0. The average molecular weight is 564 g/mol. The first-order valence-corrected chi connectivity index (χ1v) is 15.1. The molecule has 2 aromatic carbocycles. The smallest absolute Gasteiger partial charge is 0.261 e. The Kier molecular flexibility index (Phi) is 7.98. The number of rotatable bonds is 6. The Labute approximate surface area is 228 Å². The molecule has 0 radical (unpaired) electrons. The third kappa shape index (κ3) is 5.63. The van der Waals surface area contributed by atoms with Crippen LogP contribution in [0.15, 0.2) is 53.4 Å². The molecule has 190 valence electrons. The molecule has 1 amide bonds. The highest BCUT2D eigenvalue weighted by Gasteiger charge is 2.42. The first-order valence-electron chi connectivity index (χ1n) is 12.0. The van der Waals surface area contributed by atoms with E-state index >= 15 is 0 Å². The van der Waals surface area contributed by atoms with Gasteiger partial charge in [-0.25, -0.2) is 0 Å². The maximum absolute atomic E-state index is 13.0. The molecule has 1 aromatic heterocycles. The van der Waals surface area contributed by atoms with Crippen molar-refractivity contribution >= 4 is 51.6 Å². The molecule has 5 rings (SSSR count). The zero-order chi connectivity index (χ0) is 25.3. The van der Waals surface area contributed by atoms with Gasteiger partial charge in [0.25, 0.3) is 5.91 Å². The Morgan fingerprint density at radius 3 is 2.61 bits per heavy atom. The van der Waals surface area contributed by atoms with Gasteiger partial charge in [0.05, 0.1) is 11.5 Å². The second-order valence-corrected chi connectivity index (χ2v) is 12.6. The molecule has 36 heavy (non-hydrogen) atoms. The molecule has 1 saturated heterocycles. The van der Waals surface area contributed by atoms with Crippen LogP contribution in [-0.2, 0) is 41.0 Å². The summed E-state index contributed by atoms with van der Waals surface area (Å²) in [5.74, 6) is -0.0671. The number of halogens is 2. The number of hydrogen-bond acceptors (Lipinski definition) is 5. The summed E-state index contributed by atoms with van der Waals surface area (Å²) < 4.78 is 18.0. The predicted octanol–water partition coefficient (Wildman–Crippen LogP) is 5.79. The Morgan fingerprint density at radius 1 is 1.17 bits per heavy atom. The van der Waals surface area contributed by atoms with E-state index in [1.165, 1.54) is 10.4 Å². The maximum atomic E-state index is 13.0. The van der Waals surface area contributed by atoms with Crippen LogP contribution in [0.4, 0.5) is 0 Å². The van der Waals surface area contributed by atoms with Gasteiger partial charge in [0.2, 0.25) is 0 Å². The molecule has 0 aliphatic carbocycles. The largest absolute Gasteiger partial charge is 0.612 e. The van der Waals surface area contributed by atoms with Crippen LogP contribution in [0.2, 0.25) is 10.0 Å². The quantitative estimate of drug-likeness (QED) is 0.386. The lowest BCUT2D eigenvalue weighted by molar-refractivity contribution is -0.0960. The average Bonchev–Trinajstić information content (AvgIpc) is 3.32. The van der Waals surface area contributed by atoms with Crippen LogP contribution >= 0.6 is 34.5 Å². The van der Waals surface area contributed by atoms with Crippen LogP contribution in [0.25, 0.3) is 0 Å². The van der Waals surface area contributed by atoms with Crippen molar-refractivity contribution in [3.05, 3.63) is 85.0 Å². The number of fused-ring (bicyclic) bond motifs is 2. The predicted molar refractivity (Wildman–Crippen MR) is 147 cm³/mol. The minimum atomic E-state index is -1.01. The summed E-state index contributed by atoms with van der Waals surface area (Å²) in [6.07, 6.45) is 4.27. The molecule has 1 unspecified atom stereocenters. The Hall–Kier alpha value is -1.58. The zero-order valence-corrected chi connectivity index (χ0v) is 23.2. The van der Waals surface area contributed by atoms with E-state index in [9.17, 15) is 9.35 Å². The Balaban J connectivity index is 1.23. The lowest BCUT2D eigenvalue weighted by Gasteiger charge is -2.43. The molecule has 3 heterocycles. The molecule has 2 aliphatic heterocycles. The molecule has 1 N–H and O–H groups in total. The van der Waals surface area contributed by atoms with E-state index in [-0.39, 0.29) is 11.5 Å². The second kappa shape index (κ2) is 11.0. The highest BCUT2D eigenvalue weighted by molar-refractivity contribution is 7.90. The Bertz CT molecular complexity index is 1240. The Morgan fingerprint density at radius 2 is 1.92 bits per heavy atom. The third-order valence-electron chi connectivity index (χ3n) is 6.98. The number of likely N-dealkylation sites (tertiary alicyclic amines) is 1. The van der Waals surface area contributed by atoms with Gasteiger partial charge in [0.15, 0.2) is 4.90 Å². The van der Waals surface area contributed by atoms with Crippen LogP contribution in [0, 0.1) is 0 Å². The zero-order valence-electron chi connectivity index (χ0n) is 20.0. The first-order chi connectivity index (χ1) is 17.3. The van der Waals surface area contributed by atoms with E-state index in [0.29, 0.717) is 23.2 Å². The minimum absolute atomic E-state index is 0.0671. The number of nitrogens with one attached hydrogen (secondary N) is 1. The summed E-state index contributed by atoms with van der Waals surface area (Å²) in [7, 11) is 0. The molecular formula is C27H28Cl2N2O3S2. The van der Waals surface area contributed by atoms with E-state index in [1.807, 2.05) is 42.5 Å². The number of hydrogen-bond donors (Lipinski definition) is 1. The highest BCUT2D eigenvalue weighted by Crippen LogP contribution is 2.45. The van der Waals surface area contributed by atoms with E-state index in [1.54, 1.807) is 23.7 Å². The summed E-state index contributed by atoms with van der Waals surface area (Å²) in [6, 6.07) is 15.2. The molecule has 2 aliphatic rings. The van der Waals surface area contributed by atoms with E-state index in [2.05, 4.69) is 10.2 Å². The number of amides is 1. The monoisotopic (exact) mass is 562 g/mol. The number of ether oxygens (including phenoxy) is 1. The fraction of sp³-hybridized carbons (Fsp3) is 0.370. The van der Waals surface area contributed by atoms with Gasteiger partial charge < -0.3 is 14.6 Å². The summed E-state index contributed by atoms with van der Waals surface area (Å²) in [4.78, 5) is 18.1. The fourth-order valence-electron chi connectivity index (χ4n) is 4.94. The highest BCUT2D eigenvalue weighted by atomic mass is 35.5. The van der Waals surface area contributed by atoms with Gasteiger partial charge in [-0.15, -0.1) is 11.3 Å². The van der Waals surface area contributed by atoms with Gasteiger partial charge in [0, 0.05) is 41.1 Å². The topological polar surface area (TPSA) is 64.6 Å². The molecule has 0 saturated carbocycles. The van der Waals surface area contributed by atoms with E-state index < -0.39 is 11.2 Å². The van der Waals surface area contributed by atoms with Crippen molar-refractivity contribution in [3.63, 3.8) is 0 Å². The van der Waals surface area contributed by atoms with Crippen molar-refractivity contribution in [3.8, 4) is 0 Å². The van der Waals surface area contributed by atoms with E-state index in [0.717, 1.165) is 59.8 Å². The van der Waals surface area contributed by atoms with Gasteiger partial charge in [-0.3, -0.25) is 9.69 Å². The van der Waals surface area contributed by atoms with Crippen LogP contribution in [-0.4, -0.2) is 41.3 Å². The lowest BCUT2D eigenvalue weighted by atomic mass is 9.85. The van der Waals surface area contributed by atoms with Crippen LogP contribution in [0.3, 0.4) is 0 Å².